The molecular formula is C18H17N3O2S. The van der Waals surface area contributed by atoms with Crippen LogP contribution in [0.2, 0.25) is 0 Å². The minimum atomic E-state index is -0.312. The summed E-state index contributed by atoms with van der Waals surface area (Å²) < 4.78 is 5.28. The number of methoxy groups -OCH3 is 1. The molecule has 3 rings (SSSR count). The van der Waals surface area contributed by atoms with Crippen molar-refractivity contribution in [1.29, 1.82) is 0 Å². The van der Waals surface area contributed by atoms with Gasteiger partial charge in [0.2, 0.25) is 5.91 Å². The van der Waals surface area contributed by atoms with Gasteiger partial charge in [-0.05, 0) is 29.8 Å². The number of carbonyl (C=O) groups is 1. The summed E-state index contributed by atoms with van der Waals surface area (Å²) in [6.45, 7) is 1.50. The molecule has 0 saturated heterocycles. The summed E-state index contributed by atoms with van der Waals surface area (Å²) in [5.41, 5.74) is 2.73. The summed E-state index contributed by atoms with van der Waals surface area (Å²) in [6, 6.07) is 11.2. The van der Waals surface area contributed by atoms with E-state index in [0.717, 1.165) is 27.6 Å². The van der Waals surface area contributed by atoms with Gasteiger partial charge in [0.1, 0.15) is 16.8 Å². The zero-order chi connectivity index (χ0) is 16.9. The number of pyridine rings is 1. The van der Waals surface area contributed by atoms with Crippen LogP contribution in [0, 0.1) is 0 Å². The number of hydrogen-bond donors (Lipinski definition) is 1. The molecule has 0 spiro atoms. The third-order valence-electron chi connectivity index (χ3n) is 3.50. The standard InChI is InChI=1S/C18H17N3O2S/c1-12(22)20-17(13-5-3-7-15(9-13)23-2)18-21-16(11-24-18)14-6-4-8-19-10-14/h3-11,17H,1-2H3,(H,20,22). The van der Waals surface area contributed by atoms with Gasteiger partial charge in [-0.2, -0.15) is 0 Å². The Hall–Kier alpha value is -2.73. The molecule has 0 aliphatic rings. The van der Waals surface area contributed by atoms with Crippen molar-refractivity contribution in [3.8, 4) is 17.0 Å². The number of hydrogen-bond acceptors (Lipinski definition) is 5. The maximum Gasteiger partial charge on any atom is 0.217 e. The fourth-order valence-electron chi connectivity index (χ4n) is 2.38. The van der Waals surface area contributed by atoms with Gasteiger partial charge in [0.25, 0.3) is 0 Å². The first kappa shape index (κ1) is 16.1. The second kappa shape index (κ2) is 7.23. The average molecular weight is 339 g/mol. The lowest BCUT2D eigenvalue weighted by Gasteiger charge is -2.16. The number of nitrogens with one attached hydrogen (secondary N) is 1. The van der Waals surface area contributed by atoms with Crippen molar-refractivity contribution in [3.05, 3.63) is 64.7 Å². The highest BCUT2D eigenvalue weighted by Crippen LogP contribution is 2.30. The zero-order valence-electron chi connectivity index (χ0n) is 13.4. The Labute approximate surface area is 144 Å². The van der Waals surface area contributed by atoms with Crippen molar-refractivity contribution in [3.63, 3.8) is 0 Å². The van der Waals surface area contributed by atoms with E-state index in [1.54, 1.807) is 19.5 Å². The quantitative estimate of drug-likeness (QED) is 0.773. The number of thiazole rings is 1. The van der Waals surface area contributed by atoms with Gasteiger partial charge < -0.3 is 10.1 Å². The summed E-state index contributed by atoms with van der Waals surface area (Å²) >= 11 is 1.51. The highest BCUT2D eigenvalue weighted by molar-refractivity contribution is 7.10. The van der Waals surface area contributed by atoms with E-state index in [1.165, 1.54) is 18.3 Å². The van der Waals surface area contributed by atoms with Gasteiger partial charge >= 0.3 is 0 Å². The number of amides is 1. The summed E-state index contributed by atoms with van der Waals surface area (Å²) in [4.78, 5) is 20.5. The number of ether oxygens (including phenoxy) is 1. The van der Waals surface area contributed by atoms with Crippen LogP contribution in [0.25, 0.3) is 11.3 Å². The van der Waals surface area contributed by atoms with Gasteiger partial charge in [-0.25, -0.2) is 4.98 Å². The average Bonchev–Trinajstić information content (AvgIpc) is 3.10. The molecule has 1 aromatic carbocycles. The molecule has 122 valence electrons. The molecule has 0 radical (unpaired) electrons. The molecular weight excluding hydrogens is 322 g/mol. The maximum atomic E-state index is 11.7. The van der Waals surface area contributed by atoms with Crippen LogP contribution in [0.1, 0.15) is 23.5 Å². The minimum absolute atomic E-state index is 0.110. The molecule has 24 heavy (non-hydrogen) atoms. The monoisotopic (exact) mass is 339 g/mol. The fourth-order valence-corrected chi connectivity index (χ4v) is 3.28. The Kier molecular flexibility index (Phi) is 4.86. The summed E-state index contributed by atoms with van der Waals surface area (Å²) in [6.07, 6.45) is 3.50. The lowest BCUT2D eigenvalue weighted by atomic mass is 10.1. The normalized spacial score (nSPS) is 11.8. The molecule has 5 nitrogen and oxygen atoms in total. The smallest absolute Gasteiger partial charge is 0.217 e. The van der Waals surface area contributed by atoms with Crippen LogP contribution in [-0.4, -0.2) is 23.0 Å². The lowest BCUT2D eigenvalue weighted by Crippen LogP contribution is -2.26. The van der Waals surface area contributed by atoms with Gasteiger partial charge in [-0.3, -0.25) is 9.78 Å². The minimum Gasteiger partial charge on any atom is -0.497 e. The summed E-state index contributed by atoms with van der Waals surface area (Å²) in [5, 5.41) is 5.76. The predicted octanol–water partition coefficient (Wildman–Crippen LogP) is 3.44. The molecule has 0 aliphatic heterocycles. The van der Waals surface area contributed by atoms with Crippen LogP contribution < -0.4 is 10.1 Å². The second-order valence-corrected chi connectivity index (χ2v) is 6.11. The van der Waals surface area contributed by atoms with Gasteiger partial charge in [0.05, 0.1) is 12.8 Å². The molecule has 0 bridgehead atoms. The number of benzene rings is 1. The molecule has 2 heterocycles. The topological polar surface area (TPSA) is 64.1 Å². The van der Waals surface area contributed by atoms with Gasteiger partial charge in [-0.1, -0.05) is 12.1 Å². The van der Waals surface area contributed by atoms with Crippen LogP contribution in [0.15, 0.2) is 54.2 Å². The highest BCUT2D eigenvalue weighted by atomic mass is 32.1. The zero-order valence-corrected chi connectivity index (χ0v) is 14.2. The van der Waals surface area contributed by atoms with E-state index in [1.807, 2.05) is 41.8 Å². The largest absolute Gasteiger partial charge is 0.497 e. The van der Waals surface area contributed by atoms with Crippen molar-refractivity contribution >= 4 is 17.2 Å². The third kappa shape index (κ3) is 3.60. The van der Waals surface area contributed by atoms with E-state index in [-0.39, 0.29) is 11.9 Å². The van der Waals surface area contributed by atoms with E-state index < -0.39 is 0 Å². The molecule has 1 amide bonds. The van der Waals surface area contributed by atoms with Crippen LogP contribution in [0.4, 0.5) is 0 Å². The first-order valence-corrected chi connectivity index (χ1v) is 8.32. The van der Waals surface area contributed by atoms with E-state index >= 15 is 0 Å². The Morgan fingerprint density at radius 2 is 2.17 bits per heavy atom. The van der Waals surface area contributed by atoms with E-state index in [9.17, 15) is 4.79 Å². The molecule has 0 fully saturated rings. The SMILES string of the molecule is COc1cccc(C(NC(C)=O)c2nc(-c3cccnc3)cs2)c1. The van der Waals surface area contributed by atoms with Crippen molar-refractivity contribution in [1.82, 2.24) is 15.3 Å². The lowest BCUT2D eigenvalue weighted by molar-refractivity contribution is -0.119. The Balaban J connectivity index is 1.97. The predicted molar refractivity (Wildman–Crippen MR) is 94.0 cm³/mol. The number of nitrogens with zero attached hydrogens (tertiary/aromatic N) is 2. The van der Waals surface area contributed by atoms with Gasteiger partial charge in [0.15, 0.2) is 0 Å². The second-order valence-electron chi connectivity index (χ2n) is 5.22. The molecule has 0 aliphatic carbocycles. The molecule has 2 aromatic heterocycles. The van der Waals surface area contributed by atoms with Crippen LogP contribution in [-0.2, 0) is 4.79 Å². The van der Waals surface area contributed by atoms with E-state index in [4.69, 9.17) is 4.74 Å². The molecule has 0 saturated carbocycles. The van der Waals surface area contributed by atoms with Crippen molar-refractivity contribution < 1.29 is 9.53 Å². The van der Waals surface area contributed by atoms with E-state index in [0.29, 0.717) is 0 Å². The number of rotatable bonds is 5. The third-order valence-corrected chi connectivity index (χ3v) is 4.41. The Morgan fingerprint density at radius 1 is 1.29 bits per heavy atom. The van der Waals surface area contributed by atoms with Crippen LogP contribution in [0.3, 0.4) is 0 Å². The first-order chi connectivity index (χ1) is 11.7. The summed E-state index contributed by atoms with van der Waals surface area (Å²) in [5.74, 6) is 0.632. The number of aromatic nitrogens is 2. The fraction of sp³-hybridized carbons (Fsp3) is 0.167. The molecule has 3 aromatic rings. The van der Waals surface area contributed by atoms with Gasteiger partial charge in [0, 0.05) is 30.3 Å². The molecule has 1 atom stereocenters. The van der Waals surface area contributed by atoms with Crippen LogP contribution in [0.5, 0.6) is 5.75 Å². The molecule has 6 heteroatoms. The van der Waals surface area contributed by atoms with Gasteiger partial charge in [-0.15, -0.1) is 11.3 Å². The molecule has 1 N–H and O–H groups in total. The van der Waals surface area contributed by atoms with Crippen LogP contribution >= 0.6 is 11.3 Å². The maximum absolute atomic E-state index is 11.7. The van der Waals surface area contributed by atoms with Crippen molar-refractivity contribution in [2.45, 2.75) is 13.0 Å². The first-order valence-electron chi connectivity index (χ1n) is 7.44. The Bertz CT molecular complexity index is 833. The number of carbonyl (C=O) groups excluding carboxylic acids is 1. The Morgan fingerprint density at radius 3 is 2.88 bits per heavy atom. The highest BCUT2D eigenvalue weighted by Gasteiger charge is 2.20. The van der Waals surface area contributed by atoms with E-state index in [2.05, 4.69) is 15.3 Å². The molecule has 1 unspecified atom stereocenters. The summed E-state index contributed by atoms with van der Waals surface area (Å²) in [7, 11) is 1.62. The van der Waals surface area contributed by atoms with Crippen molar-refractivity contribution in [2.75, 3.05) is 7.11 Å². The van der Waals surface area contributed by atoms with Crippen molar-refractivity contribution in [2.24, 2.45) is 0 Å².